The average molecular weight is 342 g/mol. The summed E-state index contributed by atoms with van der Waals surface area (Å²) in [6, 6.07) is 6.52. The first-order valence-corrected chi connectivity index (χ1v) is 7.87. The smallest absolute Gasteiger partial charge is 0.0421 e. The second-order valence-corrected chi connectivity index (χ2v) is 7.52. The van der Waals surface area contributed by atoms with Crippen LogP contribution in [0.25, 0.3) is 0 Å². The Bertz CT molecular complexity index is 424. The Morgan fingerprint density at radius 2 is 1.75 bits per heavy atom. The van der Waals surface area contributed by atoms with Gasteiger partial charge in [0.2, 0.25) is 0 Å². The molecule has 0 saturated heterocycles. The molecule has 1 N–H and O–H groups in total. The maximum absolute atomic E-state index is 3.58. The SMILES string of the molecule is CN(C)CCN(C)c1cc(Br)ccc1CNC(C)(C)C. The Morgan fingerprint density at radius 3 is 2.30 bits per heavy atom. The Hall–Kier alpha value is -0.580. The van der Waals surface area contributed by atoms with Gasteiger partial charge in [0.15, 0.2) is 0 Å². The molecule has 0 aromatic heterocycles. The monoisotopic (exact) mass is 341 g/mol. The number of halogens is 1. The van der Waals surface area contributed by atoms with Gasteiger partial charge in [-0.3, -0.25) is 0 Å². The first kappa shape index (κ1) is 17.5. The van der Waals surface area contributed by atoms with Crippen molar-refractivity contribution in [3.05, 3.63) is 28.2 Å². The highest BCUT2D eigenvalue weighted by atomic mass is 79.9. The van der Waals surface area contributed by atoms with E-state index >= 15 is 0 Å². The number of anilines is 1. The van der Waals surface area contributed by atoms with Crippen molar-refractivity contribution in [2.24, 2.45) is 0 Å². The Balaban J connectivity index is 2.84. The molecule has 3 nitrogen and oxygen atoms in total. The van der Waals surface area contributed by atoms with Gasteiger partial charge in [0.25, 0.3) is 0 Å². The van der Waals surface area contributed by atoms with Crippen LogP contribution in [0.2, 0.25) is 0 Å². The summed E-state index contributed by atoms with van der Waals surface area (Å²) in [5.41, 5.74) is 2.76. The third kappa shape index (κ3) is 6.25. The molecule has 0 unspecified atom stereocenters. The van der Waals surface area contributed by atoms with Gasteiger partial charge < -0.3 is 15.1 Å². The molecular weight excluding hydrogens is 314 g/mol. The van der Waals surface area contributed by atoms with Gasteiger partial charge >= 0.3 is 0 Å². The van der Waals surface area contributed by atoms with E-state index < -0.39 is 0 Å². The van der Waals surface area contributed by atoms with Crippen molar-refractivity contribution >= 4 is 21.6 Å². The van der Waals surface area contributed by atoms with Crippen LogP contribution in [0.15, 0.2) is 22.7 Å². The molecule has 0 saturated carbocycles. The summed E-state index contributed by atoms with van der Waals surface area (Å²) in [7, 11) is 6.37. The standard InChI is InChI=1S/C16H28BrN3/c1-16(2,3)18-12-13-7-8-14(17)11-15(13)20(6)10-9-19(4)5/h7-8,11,18H,9-10,12H2,1-6H3. The molecule has 0 aliphatic heterocycles. The summed E-state index contributed by atoms with van der Waals surface area (Å²) >= 11 is 3.58. The summed E-state index contributed by atoms with van der Waals surface area (Å²) < 4.78 is 1.13. The molecule has 0 radical (unpaired) electrons. The van der Waals surface area contributed by atoms with Crippen molar-refractivity contribution in [2.75, 3.05) is 39.1 Å². The highest BCUT2D eigenvalue weighted by Gasteiger charge is 2.13. The van der Waals surface area contributed by atoms with E-state index in [4.69, 9.17) is 0 Å². The first-order chi connectivity index (χ1) is 9.19. The van der Waals surface area contributed by atoms with Gasteiger partial charge in [-0.05, 0) is 52.6 Å². The van der Waals surface area contributed by atoms with Gasteiger partial charge in [0, 0.05) is 42.4 Å². The molecule has 1 aromatic carbocycles. The third-order valence-electron chi connectivity index (χ3n) is 3.15. The van der Waals surface area contributed by atoms with Gasteiger partial charge in [-0.1, -0.05) is 22.0 Å². The molecule has 0 heterocycles. The highest BCUT2D eigenvalue weighted by molar-refractivity contribution is 9.10. The van der Waals surface area contributed by atoms with E-state index in [0.717, 1.165) is 24.1 Å². The molecule has 4 heteroatoms. The van der Waals surface area contributed by atoms with Crippen molar-refractivity contribution in [3.8, 4) is 0 Å². The highest BCUT2D eigenvalue weighted by Crippen LogP contribution is 2.25. The summed E-state index contributed by atoms with van der Waals surface area (Å²) in [5, 5.41) is 3.57. The van der Waals surface area contributed by atoms with E-state index in [0.29, 0.717) is 0 Å². The molecule has 0 fully saturated rings. The fourth-order valence-corrected chi connectivity index (χ4v) is 2.22. The van der Waals surface area contributed by atoms with Crippen LogP contribution < -0.4 is 10.2 Å². The van der Waals surface area contributed by atoms with Crippen LogP contribution in [0, 0.1) is 0 Å². The van der Waals surface area contributed by atoms with E-state index in [2.05, 4.69) is 91.2 Å². The lowest BCUT2D eigenvalue weighted by atomic mass is 10.1. The molecular formula is C16H28BrN3. The fraction of sp³-hybridized carbons (Fsp3) is 0.625. The number of hydrogen-bond acceptors (Lipinski definition) is 3. The molecule has 1 aromatic rings. The summed E-state index contributed by atoms with van der Waals surface area (Å²) in [4.78, 5) is 4.53. The fourth-order valence-electron chi connectivity index (χ4n) is 1.87. The van der Waals surface area contributed by atoms with Crippen molar-refractivity contribution in [1.82, 2.24) is 10.2 Å². The minimum atomic E-state index is 0.131. The molecule has 0 amide bonds. The number of benzene rings is 1. The average Bonchev–Trinajstić information content (AvgIpc) is 2.33. The number of nitrogens with one attached hydrogen (secondary N) is 1. The van der Waals surface area contributed by atoms with Crippen LogP contribution in [0.1, 0.15) is 26.3 Å². The second kappa shape index (κ2) is 7.43. The van der Waals surface area contributed by atoms with Crippen LogP contribution in [-0.4, -0.2) is 44.7 Å². The molecule has 0 atom stereocenters. The zero-order valence-electron chi connectivity index (χ0n) is 13.6. The quantitative estimate of drug-likeness (QED) is 0.856. The van der Waals surface area contributed by atoms with Gasteiger partial charge in [-0.15, -0.1) is 0 Å². The predicted octanol–water partition coefficient (Wildman–Crippen LogP) is 3.34. The van der Waals surface area contributed by atoms with Gasteiger partial charge in [-0.25, -0.2) is 0 Å². The maximum Gasteiger partial charge on any atom is 0.0421 e. The van der Waals surface area contributed by atoms with Crippen molar-refractivity contribution in [3.63, 3.8) is 0 Å². The summed E-state index contributed by atoms with van der Waals surface area (Å²) in [6.45, 7) is 9.55. The lowest BCUT2D eigenvalue weighted by Gasteiger charge is -2.27. The lowest BCUT2D eigenvalue weighted by Crippen LogP contribution is -2.36. The molecule has 0 aliphatic rings. The van der Waals surface area contributed by atoms with E-state index in [1.54, 1.807) is 0 Å². The van der Waals surface area contributed by atoms with Crippen LogP contribution >= 0.6 is 15.9 Å². The summed E-state index contributed by atoms with van der Waals surface area (Å²) in [6.07, 6.45) is 0. The van der Waals surface area contributed by atoms with Crippen molar-refractivity contribution in [1.29, 1.82) is 0 Å². The van der Waals surface area contributed by atoms with E-state index in [-0.39, 0.29) is 5.54 Å². The molecule has 1 rings (SSSR count). The van der Waals surface area contributed by atoms with E-state index in [1.807, 2.05) is 0 Å². The summed E-state index contributed by atoms with van der Waals surface area (Å²) in [5.74, 6) is 0. The van der Waals surface area contributed by atoms with Crippen LogP contribution in [-0.2, 0) is 6.54 Å². The zero-order valence-corrected chi connectivity index (χ0v) is 15.2. The van der Waals surface area contributed by atoms with Gasteiger partial charge in [0.05, 0.1) is 0 Å². The van der Waals surface area contributed by atoms with Crippen molar-refractivity contribution < 1.29 is 0 Å². The van der Waals surface area contributed by atoms with Crippen LogP contribution in [0.4, 0.5) is 5.69 Å². The predicted molar refractivity (Wildman–Crippen MR) is 92.6 cm³/mol. The molecule has 114 valence electrons. The normalized spacial score (nSPS) is 12.0. The number of likely N-dealkylation sites (N-methyl/N-ethyl adjacent to an activating group) is 2. The third-order valence-corrected chi connectivity index (χ3v) is 3.64. The largest absolute Gasteiger partial charge is 0.373 e. The lowest BCUT2D eigenvalue weighted by molar-refractivity contribution is 0.415. The Morgan fingerprint density at radius 1 is 1.10 bits per heavy atom. The minimum absolute atomic E-state index is 0.131. The van der Waals surface area contributed by atoms with Gasteiger partial charge in [0.1, 0.15) is 0 Å². The molecule has 20 heavy (non-hydrogen) atoms. The Labute approximate surface area is 132 Å². The van der Waals surface area contributed by atoms with E-state index in [9.17, 15) is 0 Å². The first-order valence-electron chi connectivity index (χ1n) is 7.08. The number of rotatable bonds is 6. The molecule has 0 spiro atoms. The molecule has 0 aliphatic carbocycles. The minimum Gasteiger partial charge on any atom is -0.373 e. The van der Waals surface area contributed by atoms with Crippen LogP contribution in [0.3, 0.4) is 0 Å². The number of nitrogens with zero attached hydrogens (tertiary/aromatic N) is 2. The maximum atomic E-state index is 3.58. The van der Waals surface area contributed by atoms with Crippen molar-refractivity contribution in [2.45, 2.75) is 32.9 Å². The van der Waals surface area contributed by atoms with Crippen LogP contribution in [0.5, 0.6) is 0 Å². The second-order valence-electron chi connectivity index (χ2n) is 6.60. The topological polar surface area (TPSA) is 18.5 Å². The molecule has 0 bridgehead atoms. The van der Waals surface area contributed by atoms with Gasteiger partial charge in [-0.2, -0.15) is 0 Å². The zero-order chi connectivity index (χ0) is 15.3. The van der Waals surface area contributed by atoms with E-state index in [1.165, 1.54) is 11.3 Å². The number of hydrogen-bond donors (Lipinski definition) is 1. The Kier molecular flexibility index (Phi) is 6.49.